The standard InChI is InChI=1S/C29H24N2O5S/c1-15-4-6-17(7-5-15)25-24(26(32)18-8-11-22-19(13-18)12-16(2)36-22)27(33)28(34)31(25)29-30-21-10-9-20(35-3)14-23(21)37-29/h4-11,13-14,16,25,32H,12H2,1-3H3/t16-,25+/m0/s1. The van der Waals surface area contributed by atoms with Crippen LogP contribution in [0.15, 0.2) is 66.2 Å². The van der Waals surface area contributed by atoms with Gasteiger partial charge >= 0.3 is 5.91 Å². The SMILES string of the molecule is COc1ccc2nc(N3C(=O)C(=O)C(=C(O)c4ccc5c(c4)C[C@H](C)O5)[C@H]3c3ccc(C)cc3)sc2c1. The largest absolute Gasteiger partial charge is 0.507 e. The van der Waals surface area contributed by atoms with E-state index in [-0.39, 0.29) is 17.4 Å². The van der Waals surface area contributed by atoms with E-state index < -0.39 is 17.7 Å². The van der Waals surface area contributed by atoms with E-state index in [2.05, 4.69) is 4.98 Å². The van der Waals surface area contributed by atoms with Gasteiger partial charge in [-0.25, -0.2) is 4.98 Å². The van der Waals surface area contributed by atoms with Crippen LogP contribution in [0.5, 0.6) is 11.5 Å². The Bertz CT molecular complexity index is 1600. The van der Waals surface area contributed by atoms with E-state index >= 15 is 0 Å². The summed E-state index contributed by atoms with van der Waals surface area (Å²) >= 11 is 1.30. The summed E-state index contributed by atoms with van der Waals surface area (Å²) < 4.78 is 11.9. The molecule has 0 aliphatic carbocycles. The fourth-order valence-corrected chi connectivity index (χ4v) is 5.96. The van der Waals surface area contributed by atoms with Gasteiger partial charge in [-0.15, -0.1) is 0 Å². The molecule has 0 radical (unpaired) electrons. The highest BCUT2D eigenvalue weighted by molar-refractivity contribution is 7.22. The van der Waals surface area contributed by atoms with Crippen LogP contribution in [0, 0.1) is 6.92 Å². The Kier molecular flexibility index (Phi) is 5.49. The molecular formula is C29H24N2O5S. The predicted octanol–water partition coefficient (Wildman–Crippen LogP) is 5.56. The van der Waals surface area contributed by atoms with E-state index in [1.54, 1.807) is 25.3 Å². The van der Waals surface area contributed by atoms with Gasteiger partial charge in [0, 0.05) is 12.0 Å². The van der Waals surface area contributed by atoms with Gasteiger partial charge in [0.05, 0.1) is 28.9 Å². The van der Waals surface area contributed by atoms with Crippen molar-refractivity contribution in [3.05, 3.63) is 88.5 Å². The molecule has 1 amide bonds. The van der Waals surface area contributed by atoms with E-state index in [4.69, 9.17) is 9.47 Å². The molecule has 3 aromatic carbocycles. The number of rotatable bonds is 4. The molecule has 6 rings (SSSR count). The van der Waals surface area contributed by atoms with Gasteiger partial charge in [-0.05, 0) is 61.4 Å². The molecule has 1 N–H and O–H groups in total. The van der Waals surface area contributed by atoms with Crippen LogP contribution in [-0.2, 0) is 16.0 Å². The minimum absolute atomic E-state index is 0.0394. The van der Waals surface area contributed by atoms with E-state index in [1.807, 2.05) is 56.3 Å². The minimum atomic E-state index is -0.827. The van der Waals surface area contributed by atoms with Crippen molar-refractivity contribution in [2.45, 2.75) is 32.4 Å². The molecule has 8 heteroatoms. The van der Waals surface area contributed by atoms with Crippen LogP contribution in [-0.4, -0.2) is 35.0 Å². The van der Waals surface area contributed by atoms with E-state index in [1.165, 1.54) is 16.2 Å². The smallest absolute Gasteiger partial charge is 0.301 e. The Labute approximate surface area is 217 Å². The lowest BCUT2D eigenvalue weighted by atomic mass is 9.94. The summed E-state index contributed by atoms with van der Waals surface area (Å²) in [6.45, 7) is 3.95. The maximum atomic E-state index is 13.5. The Hall–Kier alpha value is -4.17. The van der Waals surface area contributed by atoms with Crippen molar-refractivity contribution in [1.29, 1.82) is 0 Å². The van der Waals surface area contributed by atoms with Crippen molar-refractivity contribution in [2.24, 2.45) is 0 Å². The summed E-state index contributed by atoms with van der Waals surface area (Å²) in [6, 6.07) is 17.6. The van der Waals surface area contributed by atoms with Gasteiger partial charge in [-0.2, -0.15) is 0 Å². The number of fused-ring (bicyclic) bond motifs is 2. The fourth-order valence-electron chi connectivity index (χ4n) is 4.94. The number of methoxy groups -OCH3 is 1. The lowest BCUT2D eigenvalue weighted by Crippen LogP contribution is -2.29. The Morgan fingerprint density at radius 2 is 1.89 bits per heavy atom. The van der Waals surface area contributed by atoms with Crippen molar-refractivity contribution in [3.63, 3.8) is 0 Å². The number of aliphatic hydroxyl groups excluding tert-OH is 1. The van der Waals surface area contributed by atoms with Crippen LogP contribution in [0.4, 0.5) is 5.13 Å². The summed E-state index contributed by atoms with van der Waals surface area (Å²) in [5.74, 6) is -0.239. The van der Waals surface area contributed by atoms with Crippen LogP contribution >= 0.6 is 11.3 Å². The first-order valence-electron chi connectivity index (χ1n) is 12.0. The van der Waals surface area contributed by atoms with Crippen molar-refractivity contribution < 1.29 is 24.2 Å². The van der Waals surface area contributed by atoms with Crippen molar-refractivity contribution in [1.82, 2.24) is 4.98 Å². The van der Waals surface area contributed by atoms with E-state index in [0.29, 0.717) is 33.9 Å². The second-order valence-corrected chi connectivity index (χ2v) is 10.4. The first kappa shape index (κ1) is 23.2. The number of ketones is 1. The molecule has 186 valence electrons. The average molecular weight is 513 g/mol. The number of nitrogens with zero attached hydrogens (tertiary/aromatic N) is 2. The van der Waals surface area contributed by atoms with Crippen LogP contribution in [0.25, 0.3) is 16.0 Å². The minimum Gasteiger partial charge on any atom is -0.507 e. The summed E-state index contributed by atoms with van der Waals surface area (Å²) in [6.07, 6.45) is 0.754. The normalized spacial score (nSPS) is 20.4. The molecule has 4 aromatic rings. The number of thiazole rings is 1. The molecular weight excluding hydrogens is 488 g/mol. The second kappa shape index (κ2) is 8.74. The molecule has 0 saturated carbocycles. The number of benzene rings is 3. The van der Waals surface area contributed by atoms with Crippen LogP contribution in [0.2, 0.25) is 0 Å². The van der Waals surface area contributed by atoms with Crippen molar-refractivity contribution in [3.8, 4) is 11.5 Å². The number of amides is 1. The lowest BCUT2D eigenvalue weighted by Gasteiger charge is -2.23. The summed E-state index contributed by atoms with van der Waals surface area (Å²) in [4.78, 5) is 33.0. The van der Waals surface area contributed by atoms with E-state index in [9.17, 15) is 14.7 Å². The molecule has 37 heavy (non-hydrogen) atoms. The zero-order valence-corrected chi connectivity index (χ0v) is 21.3. The number of aryl methyl sites for hydroxylation is 1. The highest BCUT2D eigenvalue weighted by atomic mass is 32.1. The lowest BCUT2D eigenvalue weighted by molar-refractivity contribution is -0.132. The van der Waals surface area contributed by atoms with Gasteiger partial charge in [-0.3, -0.25) is 14.5 Å². The van der Waals surface area contributed by atoms with Gasteiger partial charge in [0.25, 0.3) is 5.78 Å². The van der Waals surface area contributed by atoms with Gasteiger partial charge in [-0.1, -0.05) is 41.2 Å². The molecule has 1 fully saturated rings. The number of anilines is 1. The zero-order valence-electron chi connectivity index (χ0n) is 20.5. The molecule has 2 aliphatic rings. The highest BCUT2D eigenvalue weighted by Gasteiger charge is 2.48. The average Bonchev–Trinajstić information content (AvgIpc) is 3.55. The van der Waals surface area contributed by atoms with Crippen LogP contribution in [0.3, 0.4) is 0 Å². The van der Waals surface area contributed by atoms with Crippen molar-refractivity contribution >= 4 is 44.1 Å². The monoisotopic (exact) mass is 512 g/mol. The zero-order chi connectivity index (χ0) is 25.8. The number of ether oxygens (including phenoxy) is 2. The molecule has 0 bridgehead atoms. The molecule has 1 aromatic heterocycles. The first-order chi connectivity index (χ1) is 17.8. The van der Waals surface area contributed by atoms with E-state index in [0.717, 1.165) is 21.6 Å². The number of carbonyl (C=O) groups is 2. The molecule has 7 nitrogen and oxygen atoms in total. The van der Waals surface area contributed by atoms with Gasteiger partial charge in [0.15, 0.2) is 5.13 Å². The van der Waals surface area contributed by atoms with Crippen LogP contribution in [0.1, 0.15) is 35.2 Å². The Morgan fingerprint density at radius 3 is 2.65 bits per heavy atom. The third-order valence-corrected chi connectivity index (χ3v) is 7.81. The van der Waals surface area contributed by atoms with Crippen molar-refractivity contribution in [2.75, 3.05) is 12.0 Å². The molecule has 2 aliphatic heterocycles. The van der Waals surface area contributed by atoms with Crippen LogP contribution < -0.4 is 14.4 Å². The maximum absolute atomic E-state index is 13.5. The third-order valence-electron chi connectivity index (χ3n) is 6.80. The number of aromatic nitrogens is 1. The number of hydrogen-bond donors (Lipinski definition) is 1. The van der Waals surface area contributed by atoms with Gasteiger partial charge < -0.3 is 14.6 Å². The Morgan fingerprint density at radius 1 is 1.11 bits per heavy atom. The number of carbonyl (C=O) groups excluding carboxylic acids is 2. The molecule has 1 saturated heterocycles. The number of aliphatic hydroxyl groups is 1. The second-order valence-electron chi connectivity index (χ2n) is 9.36. The number of Topliss-reactive ketones (excluding diaryl/α,β-unsaturated/α-hetero) is 1. The first-order valence-corrected chi connectivity index (χ1v) is 12.8. The third kappa shape index (κ3) is 3.84. The molecule has 3 heterocycles. The molecule has 0 spiro atoms. The maximum Gasteiger partial charge on any atom is 0.301 e. The Balaban J connectivity index is 1.52. The van der Waals surface area contributed by atoms with Gasteiger partial charge in [0.2, 0.25) is 0 Å². The summed E-state index contributed by atoms with van der Waals surface area (Å²) in [5, 5.41) is 11.9. The highest BCUT2D eigenvalue weighted by Crippen LogP contribution is 2.45. The summed E-state index contributed by atoms with van der Waals surface area (Å²) in [5.41, 5.74) is 3.91. The number of hydrogen-bond acceptors (Lipinski definition) is 7. The summed E-state index contributed by atoms with van der Waals surface area (Å²) in [7, 11) is 1.59. The fraction of sp³-hybridized carbons (Fsp3) is 0.207. The topological polar surface area (TPSA) is 89.0 Å². The predicted molar refractivity (Wildman–Crippen MR) is 142 cm³/mol. The van der Waals surface area contributed by atoms with Gasteiger partial charge in [0.1, 0.15) is 23.4 Å². The molecule has 0 unspecified atom stereocenters. The molecule has 2 atom stereocenters. The quantitative estimate of drug-likeness (QED) is 0.219.